The van der Waals surface area contributed by atoms with Gasteiger partial charge in [0.25, 0.3) is 0 Å². The van der Waals surface area contributed by atoms with Crippen molar-refractivity contribution in [3.63, 3.8) is 0 Å². The van der Waals surface area contributed by atoms with Crippen molar-refractivity contribution in [1.29, 1.82) is 0 Å². The van der Waals surface area contributed by atoms with Gasteiger partial charge in [0.1, 0.15) is 6.04 Å². The van der Waals surface area contributed by atoms with Crippen molar-refractivity contribution in [1.82, 2.24) is 20.8 Å². The van der Waals surface area contributed by atoms with Gasteiger partial charge < -0.3 is 20.3 Å². The summed E-state index contributed by atoms with van der Waals surface area (Å²) in [6.45, 7) is 3.49. The third-order valence-electron chi connectivity index (χ3n) is 2.03. The highest BCUT2D eigenvalue weighted by Crippen LogP contribution is 2.01. The molecular formula is C9H14N4O4. The molecule has 1 heterocycles. The summed E-state index contributed by atoms with van der Waals surface area (Å²) in [6.07, 6.45) is 1.14. The molecule has 1 aromatic rings. The highest BCUT2D eigenvalue weighted by molar-refractivity contribution is 5.82. The Morgan fingerprint density at radius 1 is 1.53 bits per heavy atom. The van der Waals surface area contributed by atoms with Crippen molar-refractivity contribution in [2.24, 2.45) is 5.92 Å². The lowest BCUT2D eigenvalue weighted by molar-refractivity contribution is -0.140. The van der Waals surface area contributed by atoms with Crippen molar-refractivity contribution in [3.05, 3.63) is 12.2 Å². The molecule has 1 atom stereocenters. The fraction of sp³-hybridized carbons (Fsp3) is 0.556. The van der Waals surface area contributed by atoms with Crippen LogP contribution in [0.1, 0.15) is 19.7 Å². The maximum atomic E-state index is 11.4. The van der Waals surface area contributed by atoms with Crippen molar-refractivity contribution in [3.8, 4) is 0 Å². The monoisotopic (exact) mass is 242 g/mol. The Balaban J connectivity index is 2.40. The number of hydrogen-bond donors (Lipinski definition) is 3. The third-order valence-corrected chi connectivity index (χ3v) is 2.03. The van der Waals surface area contributed by atoms with Gasteiger partial charge in [-0.25, -0.2) is 9.59 Å². The quantitative estimate of drug-likeness (QED) is 0.667. The molecule has 0 saturated carbocycles. The number of carbonyl (C=O) groups is 2. The highest BCUT2D eigenvalue weighted by atomic mass is 16.5. The summed E-state index contributed by atoms with van der Waals surface area (Å²) in [5.74, 6) is -0.963. The van der Waals surface area contributed by atoms with Crippen molar-refractivity contribution < 1.29 is 19.2 Å². The van der Waals surface area contributed by atoms with Gasteiger partial charge >= 0.3 is 12.0 Å². The van der Waals surface area contributed by atoms with Crippen LogP contribution >= 0.6 is 0 Å². The van der Waals surface area contributed by atoms with Gasteiger partial charge in [0, 0.05) is 0 Å². The maximum absolute atomic E-state index is 11.4. The molecule has 0 radical (unpaired) electrons. The van der Waals surface area contributed by atoms with E-state index in [1.807, 2.05) is 0 Å². The number of carboxylic acids is 1. The topological polar surface area (TPSA) is 117 Å². The molecule has 0 aliphatic rings. The molecule has 1 rings (SSSR count). The van der Waals surface area contributed by atoms with Crippen LogP contribution in [0.3, 0.4) is 0 Å². The molecule has 0 spiro atoms. The van der Waals surface area contributed by atoms with Gasteiger partial charge in [0.05, 0.1) is 6.54 Å². The SMILES string of the molecule is CC(C)[C@@H](NC(=O)NCc1ncon1)C(=O)O. The molecule has 0 saturated heterocycles. The zero-order valence-electron chi connectivity index (χ0n) is 9.51. The van der Waals surface area contributed by atoms with Gasteiger partial charge in [-0.15, -0.1) is 0 Å². The third kappa shape index (κ3) is 4.09. The first-order valence-corrected chi connectivity index (χ1v) is 5.03. The molecular weight excluding hydrogens is 228 g/mol. The second-order valence-electron chi connectivity index (χ2n) is 3.73. The number of nitrogens with zero attached hydrogens (tertiary/aromatic N) is 2. The summed E-state index contributed by atoms with van der Waals surface area (Å²) in [4.78, 5) is 25.9. The van der Waals surface area contributed by atoms with Crippen LogP contribution in [0.15, 0.2) is 10.9 Å². The second-order valence-corrected chi connectivity index (χ2v) is 3.73. The van der Waals surface area contributed by atoms with Crippen LogP contribution in [0.25, 0.3) is 0 Å². The number of rotatable bonds is 5. The summed E-state index contributed by atoms with van der Waals surface area (Å²) in [5, 5.41) is 17.1. The molecule has 0 unspecified atom stereocenters. The van der Waals surface area contributed by atoms with E-state index in [2.05, 4.69) is 25.3 Å². The Kier molecular flexibility index (Phi) is 4.44. The molecule has 0 bridgehead atoms. The number of carboxylic acid groups (broad SMARTS) is 1. The molecule has 0 aliphatic carbocycles. The van der Waals surface area contributed by atoms with Crippen molar-refractivity contribution in [2.75, 3.05) is 0 Å². The first-order valence-electron chi connectivity index (χ1n) is 5.03. The molecule has 8 heteroatoms. The number of aromatic nitrogens is 2. The van der Waals surface area contributed by atoms with Gasteiger partial charge in [0.15, 0.2) is 5.82 Å². The van der Waals surface area contributed by atoms with Gasteiger partial charge in [0.2, 0.25) is 6.39 Å². The molecule has 94 valence electrons. The second kappa shape index (κ2) is 5.83. The Morgan fingerprint density at radius 3 is 2.71 bits per heavy atom. The predicted octanol–water partition coefficient (Wildman–Crippen LogP) is -0.0220. The van der Waals surface area contributed by atoms with Crippen LogP contribution in [0.4, 0.5) is 4.79 Å². The van der Waals surface area contributed by atoms with Crippen molar-refractivity contribution >= 4 is 12.0 Å². The van der Waals surface area contributed by atoms with Crippen LogP contribution in [0.5, 0.6) is 0 Å². The average Bonchev–Trinajstić information content (AvgIpc) is 2.74. The Hall–Kier alpha value is -2.12. The molecule has 8 nitrogen and oxygen atoms in total. The molecule has 0 aliphatic heterocycles. The number of carbonyl (C=O) groups excluding carboxylic acids is 1. The maximum Gasteiger partial charge on any atom is 0.326 e. The van der Waals surface area contributed by atoms with Gasteiger partial charge in [-0.2, -0.15) is 4.98 Å². The van der Waals surface area contributed by atoms with Crippen LogP contribution in [-0.2, 0) is 11.3 Å². The van der Waals surface area contributed by atoms with E-state index < -0.39 is 18.0 Å². The van der Waals surface area contributed by atoms with Gasteiger partial charge in [-0.1, -0.05) is 19.0 Å². The van der Waals surface area contributed by atoms with E-state index in [1.54, 1.807) is 13.8 Å². The lowest BCUT2D eigenvalue weighted by atomic mass is 10.1. The summed E-state index contributed by atoms with van der Waals surface area (Å²) in [6, 6.07) is -1.52. The molecule has 0 aromatic carbocycles. The van der Waals surface area contributed by atoms with E-state index in [9.17, 15) is 9.59 Å². The lowest BCUT2D eigenvalue weighted by Crippen LogP contribution is -2.48. The summed E-state index contributed by atoms with van der Waals surface area (Å²) < 4.78 is 4.48. The highest BCUT2D eigenvalue weighted by Gasteiger charge is 2.23. The molecule has 0 fully saturated rings. The predicted molar refractivity (Wildman–Crippen MR) is 55.9 cm³/mol. The first-order chi connectivity index (χ1) is 8.00. The lowest BCUT2D eigenvalue weighted by Gasteiger charge is -2.17. The van der Waals surface area contributed by atoms with E-state index in [0.29, 0.717) is 5.82 Å². The van der Waals surface area contributed by atoms with Crippen LogP contribution in [0, 0.1) is 5.92 Å². The molecule has 3 N–H and O–H groups in total. The van der Waals surface area contributed by atoms with E-state index in [-0.39, 0.29) is 12.5 Å². The number of urea groups is 1. The smallest absolute Gasteiger partial charge is 0.326 e. The van der Waals surface area contributed by atoms with E-state index in [1.165, 1.54) is 0 Å². The molecule has 17 heavy (non-hydrogen) atoms. The van der Waals surface area contributed by atoms with Gasteiger partial charge in [-0.3, -0.25) is 0 Å². The van der Waals surface area contributed by atoms with Crippen LogP contribution < -0.4 is 10.6 Å². The zero-order chi connectivity index (χ0) is 12.8. The fourth-order valence-corrected chi connectivity index (χ4v) is 1.14. The summed E-state index contributed by atoms with van der Waals surface area (Å²) >= 11 is 0. The standard InChI is InChI=1S/C9H14N4O4/c1-5(2)7(8(14)15)12-9(16)10-3-6-11-4-17-13-6/h4-5,7H,3H2,1-2H3,(H,14,15)(H2,10,12,16)/t7-/m1/s1. The Labute approximate surface area is 97.4 Å². The van der Waals surface area contributed by atoms with Crippen LogP contribution in [-0.4, -0.2) is 33.3 Å². The minimum Gasteiger partial charge on any atom is -0.480 e. The molecule has 2 amide bonds. The summed E-state index contributed by atoms with van der Waals surface area (Å²) in [7, 11) is 0. The normalized spacial score (nSPS) is 12.2. The Bertz CT molecular complexity index is 376. The van der Waals surface area contributed by atoms with E-state index in [0.717, 1.165) is 6.39 Å². The number of hydrogen-bond acceptors (Lipinski definition) is 5. The van der Waals surface area contributed by atoms with E-state index >= 15 is 0 Å². The van der Waals surface area contributed by atoms with E-state index in [4.69, 9.17) is 5.11 Å². The Morgan fingerprint density at radius 2 is 2.24 bits per heavy atom. The number of aliphatic carboxylic acids is 1. The van der Waals surface area contributed by atoms with Crippen molar-refractivity contribution in [2.45, 2.75) is 26.4 Å². The fourth-order valence-electron chi connectivity index (χ4n) is 1.14. The minimum atomic E-state index is -1.07. The molecule has 1 aromatic heterocycles. The number of nitrogens with one attached hydrogen (secondary N) is 2. The van der Waals surface area contributed by atoms with Crippen LogP contribution in [0.2, 0.25) is 0 Å². The zero-order valence-corrected chi connectivity index (χ0v) is 9.51. The minimum absolute atomic E-state index is 0.0762. The largest absolute Gasteiger partial charge is 0.480 e. The summed E-state index contributed by atoms with van der Waals surface area (Å²) in [5.41, 5.74) is 0. The average molecular weight is 242 g/mol. The van der Waals surface area contributed by atoms with Gasteiger partial charge in [-0.05, 0) is 5.92 Å². The number of amides is 2. The first kappa shape index (κ1) is 12.9.